The predicted octanol–water partition coefficient (Wildman–Crippen LogP) is -1.07. The lowest BCUT2D eigenvalue weighted by molar-refractivity contribution is -0.0298. The second-order valence-corrected chi connectivity index (χ2v) is 6.33. The predicted molar refractivity (Wildman–Crippen MR) is 88.4 cm³/mol. The molecule has 0 aliphatic carbocycles. The van der Waals surface area contributed by atoms with Gasteiger partial charge in [-0.05, 0) is 25.8 Å². The number of hydrogen-bond acceptors (Lipinski definition) is 6. The van der Waals surface area contributed by atoms with E-state index in [1.165, 1.54) is 15.6 Å². The van der Waals surface area contributed by atoms with Gasteiger partial charge < -0.3 is 15.1 Å². The quantitative estimate of drug-likeness (QED) is 0.681. The summed E-state index contributed by atoms with van der Waals surface area (Å²) in [5.41, 5.74) is -0.0739. The summed E-state index contributed by atoms with van der Waals surface area (Å²) in [6, 6.07) is 0. The highest BCUT2D eigenvalue weighted by Gasteiger charge is 2.32. The van der Waals surface area contributed by atoms with Gasteiger partial charge >= 0.3 is 0 Å². The summed E-state index contributed by atoms with van der Waals surface area (Å²) in [5, 5.41) is 23.8. The van der Waals surface area contributed by atoms with E-state index in [2.05, 4.69) is 26.8 Å². The maximum atomic E-state index is 12.7. The topological polar surface area (TPSA) is 96.4 Å². The summed E-state index contributed by atoms with van der Waals surface area (Å²) in [6.45, 7) is 1.53. The molecule has 3 heterocycles. The highest BCUT2D eigenvalue weighted by atomic mass is 16.3. The van der Waals surface area contributed by atoms with Crippen LogP contribution in [-0.2, 0) is 13.6 Å². The van der Waals surface area contributed by atoms with Crippen LogP contribution < -0.4 is 5.56 Å². The molecule has 0 spiro atoms. The normalized spacial score (nSPS) is 17.7. The van der Waals surface area contributed by atoms with Crippen molar-refractivity contribution in [2.24, 2.45) is 7.05 Å². The van der Waals surface area contributed by atoms with Gasteiger partial charge in [-0.2, -0.15) is 5.10 Å². The molecule has 0 radical (unpaired) electrons. The highest BCUT2D eigenvalue weighted by molar-refractivity contribution is 5.79. The molecule has 24 heavy (non-hydrogen) atoms. The van der Waals surface area contributed by atoms with Gasteiger partial charge in [0.2, 0.25) is 0 Å². The van der Waals surface area contributed by atoms with E-state index in [4.69, 9.17) is 5.11 Å². The van der Waals surface area contributed by atoms with Gasteiger partial charge in [0.15, 0.2) is 5.52 Å². The van der Waals surface area contributed by atoms with E-state index in [1.54, 1.807) is 7.05 Å². The first kappa shape index (κ1) is 16.6. The zero-order valence-corrected chi connectivity index (χ0v) is 13.9. The Morgan fingerprint density at radius 2 is 2.00 bits per heavy atom. The minimum Gasteiger partial charge on any atom is -0.388 e. The fourth-order valence-electron chi connectivity index (χ4n) is 2.98. The molecule has 0 aromatic carbocycles. The van der Waals surface area contributed by atoms with Crippen LogP contribution in [-0.4, -0.2) is 66.8 Å². The number of aromatic nitrogens is 4. The van der Waals surface area contributed by atoms with Crippen molar-refractivity contribution in [2.45, 2.75) is 25.0 Å². The average Bonchev–Trinajstić information content (AvgIpc) is 2.88. The lowest BCUT2D eigenvalue weighted by Crippen LogP contribution is -2.47. The van der Waals surface area contributed by atoms with Crippen molar-refractivity contribution in [3.8, 4) is 11.8 Å². The smallest absolute Gasteiger partial charge is 0.281 e. The molecule has 2 aromatic heterocycles. The van der Waals surface area contributed by atoms with Gasteiger partial charge in [-0.1, -0.05) is 5.92 Å². The van der Waals surface area contributed by atoms with Crippen molar-refractivity contribution in [3.63, 3.8) is 0 Å². The van der Waals surface area contributed by atoms with Crippen LogP contribution in [0.2, 0.25) is 0 Å². The van der Waals surface area contributed by atoms with Crippen molar-refractivity contribution in [1.82, 2.24) is 24.2 Å². The summed E-state index contributed by atoms with van der Waals surface area (Å²) in [4.78, 5) is 19.1. The highest BCUT2D eigenvalue weighted by Crippen LogP contribution is 2.23. The number of aliphatic hydroxyl groups is 2. The van der Waals surface area contributed by atoms with Crippen LogP contribution in [0, 0.1) is 11.8 Å². The Morgan fingerprint density at radius 3 is 2.67 bits per heavy atom. The Morgan fingerprint density at radius 1 is 1.29 bits per heavy atom. The van der Waals surface area contributed by atoms with E-state index in [0.29, 0.717) is 24.1 Å². The van der Waals surface area contributed by atoms with Crippen LogP contribution in [0.25, 0.3) is 11.0 Å². The molecule has 8 heteroatoms. The van der Waals surface area contributed by atoms with Crippen molar-refractivity contribution in [1.29, 1.82) is 0 Å². The van der Waals surface area contributed by atoms with Gasteiger partial charge in [0.05, 0.1) is 18.5 Å². The molecule has 2 N–H and O–H groups in total. The number of nitrogens with zero attached hydrogens (tertiary/aromatic N) is 5. The van der Waals surface area contributed by atoms with Crippen LogP contribution in [0.4, 0.5) is 0 Å². The Kier molecular flexibility index (Phi) is 4.41. The summed E-state index contributed by atoms with van der Waals surface area (Å²) in [5.74, 6) is 5.31. The van der Waals surface area contributed by atoms with E-state index in [1.807, 2.05) is 7.05 Å². The summed E-state index contributed by atoms with van der Waals surface area (Å²) in [6.07, 6.45) is 2.67. The Balaban J connectivity index is 1.97. The van der Waals surface area contributed by atoms with Crippen LogP contribution >= 0.6 is 0 Å². The van der Waals surface area contributed by atoms with E-state index in [9.17, 15) is 9.90 Å². The summed E-state index contributed by atoms with van der Waals surface area (Å²) < 4.78 is 2.90. The van der Waals surface area contributed by atoms with Gasteiger partial charge in [-0.25, -0.2) is 4.98 Å². The number of rotatable bonds is 2. The van der Waals surface area contributed by atoms with Crippen LogP contribution in [0.3, 0.4) is 0 Å². The average molecular weight is 331 g/mol. The number of aryl methyl sites for hydroxylation is 1. The van der Waals surface area contributed by atoms with Gasteiger partial charge in [-0.3, -0.25) is 14.0 Å². The molecule has 0 amide bonds. The maximum absolute atomic E-state index is 12.7. The molecule has 0 atom stereocenters. The number of likely N-dealkylation sites (tertiary alicyclic amines) is 1. The van der Waals surface area contributed by atoms with E-state index in [0.717, 1.165) is 13.1 Å². The third-order valence-corrected chi connectivity index (χ3v) is 4.48. The molecular formula is C16H21N5O3. The standard InChI is InChI=1S/C16H21N5O3/c1-19-7-5-16(24,6-8-19)10-21-11-17-13-12(4-3-9-22)20(2)18-14(13)15(21)23/h11,22,24H,5-10H2,1-2H3. The first-order valence-corrected chi connectivity index (χ1v) is 7.86. The third kappa shape index (κ3) is 3.06. The summed E-state index contributed by atoms with van der Waals surface area (Å²) >= 11 is 0. The molecule has 1 fully saturated rings. The molecule has 1 saturated heterocycles. The number of piperidine rings is 1. The SMILES string of the molecule is CN1CCC(O)(Cn2cnc3c(C#CCO)n(C)nc3c2=O)CC1. The molecule has 3 rings (SSSR count). The molecule has 0 unspecified atom stereocenters. The van der Waals surface area contributed by atoms with Crippen molar-refractivity contribution >= 4 is 11.0 Å². The third-order valence-electron chi connectivity index (χ3n) is 4.48. The summed E-state index contributed by atoms with van der Waals surface area (Å²) in [7, 11) is 3.69. The zero-order valence-electron chi connectivity index (χ0n) is 13.9. The molecule has 8 nitrogen and oxygen atoms in total. The minimum absolute atomic E-state index is 0.205. The first-order chi connectivity index (χ1) is 11.4. The van der Waals surface area contributed by atoms with Crippen molar-refractivity contribution in [3.05, 3.63) is 22.4 Å². The molecule has 1 aliphatic heterocycles. The van der Waals surface area contributed by atoms with E-state index < -0.39 is 5.60 Å². The minimum atomic E-state index is -0.903. The van der Waals surface area contributed by atoms with Gasteiger partial charge in [-0.15, -0.1) is 0 Å². The second-order valence-electron chi connectivity index (χ2n) is 6.33. The van der Waals surface area contributed by atoms with E-state index in [-0.39, 0.29) is 24.2 Å². The second kappa shape index (κ2) is 6.36. The zero-order chi connectivity index (χ0) is 17.3. The largest absolute Gasteiger partial charge is 0.388 e. The lowest BCUT2D eigenvalue weighted by atomic mass is 9.91. The molecule has 2 aromatic rings. The van der Waals surface area contributed by atoms with Crippen LogP contribution in [0.1, 0.15) is 18.5 Å². The molecule has 128 valence electrons. The van der Waals surface area contributed by atoms with Crippen LogP contribution in [0.15, 0.2) is 11.1 Å². The number of hydrogen-bond donors (Lipinski definition) is 2. The molecule has 0 saturated carbocycles. The Bertz CT molecular complexity index is 865. The Hall–Kier alpha value is -2.21. The fourth-order valence-corrected chi connectivity index (χ4v) is 2.98. The number of aliphatic hydroxyl groups excluding tert-OH is 1. The van der Waals surface area contributed by atoms with Gasteiger partial charge in [0.1, 0.15) is 17.8 Å². The van der Waals surface area contributed by atoms with Gasteiger partial charge in [0, 0.05) is 20.1 Å². The fraction of sp³-hybridized carbons (Fsp3) is 0.562. The monoisotopic (exact) mass is 331 g/mol. The maximum Gasteiger partial charge on any atom is 0.281 e. The van der Waals surface area contributed by atoms with Crippen molar-refractivity contribution < 1.29 is 10.2 Å². The van der Waals surface area contributed by atoms with E-state index >= 15 is 0 Å². The lowest BCUT2D eigenvalue weighted by Gasteiger charge is -2.36. The van der Waals surface area contributed by atoms with Crippen molar-refractivity contribution in [2.75, 3.05) is 26.7 Å². The molecule has 0 bridgehead atoms. The van der Waals surface area contributed by atoms with Gasteiger partial charge in [0.25, 0.3) is 5.56 Å². The first-order valence-electron chi connectivity index (χ1n) is 7.86. The molecule has 1 aliphatic rings. The number of fused-ring (bicyclic) bond motifs is 1. The Labute approximate surface area is 139 Å². The van der Waals surface area contributed by atoms with Crippen LogP contribution in [0.5, 0.6) is 0 Å². The molecular weight excluding hydrogens is 310 g/mol.